The third-order valence-electron chi connectivity index (χ3n) is 1.33. The predicted octanol–water partition coefficient (Wildman–Crippen LogP) is 0.585. The minimum Gasteiger partial charge on any atom is -0.387 e. The minimum atomic E-state index is -0.585. The van der Waals surface area contributed by atoms with Gasteiger partial charge in [-0.15, -0.1) is 0 Å². The standard InChI is InChI=1S/C9H10N2O3/c1-7(6-13-2)8(12)14-9-10-4-3-5-11-9/h3-5H,1,6H2,2H3. The largest absolute Gasteiger partial charge is 0.387 e. The number of aromatic nitrogens is 2. The van der Waals surface area contributed by atoms with Gasteiger partial charge in [0.05, 0.1) is 12.2 Å². The van der Waals surface area contributed by atoms with Gasteiger partial charge in [0.2, 0.25) is 0 Å². The molecule has 5 heteroatoms. The van der Waals surface area contributed by atoms with Crippen molar-refractivity contribution >= 4 is 5.97 Å². The van der Waals surface area contributed by atoms with Crippen molar-refractivity contribution in [2.24, 2.45) is 0 Å². The molecular formula is C9H10N2O3. The van der Waals surface area contributed by atoms with Crippen LogP contribution in [0.3, 0.4) is 0 Å². The highest BCUT2D eigenvalue weighted by molar-refractivity contribution is 5.89. The number of methoxy groups -OCH3 is 1. The predicted molar refractivity (Wildman–Crippen MR) is 48.7 cm³/mol. The summed E-state index contributed by atoms with van der Waals surface area (Å²) in [4.78, 5) is 18.7. The number of nitrogens with zero attached hydrogens (tertiary/aromatic N) is 2. The van der Waals surface area contributed by atoms with Gasteiger partial charge in [0, 0.05) is 19.5 Å². The highest BCUT2D eigenvalue weighted by atomic mass is 16.6. The molecule has 1 heterocycles. The molecule has 0 aliphatic carbocycles. The second kappa shape index (κ2) is 5.08. The van der Waals surface area contributed by atoms with E-state index in [1.165, 1.54) is 19.5 Å². The lowest BCUT2D eigenvalue weighted by Gasteiger charge is -2.02. The van der Waals surface area contributed by atoms with Crippen molar-refractivity contribution in [2.75, 3.05) is 13.7 Å². The van der Waals surface area contributed by atoms with Crippen molar-refractivity contribution in [1.29, 1.82) is 0 Å². The van der Waals surface area contributed by atoms with E-state index in [4.69, 9.17) is 9.47 Å². The Balaban J connectivity index is 2.53. The van der Waals surface area contributed by atoms with Gasteiger partial charge in [-0.05, 0) is 6.07 Å². The van der Waals surface area contributed by atoms with E-state index in [2.05, 4.69) is 16.5 Å². The maximum atomic E-state index is 11.2. The number of ether oxygens (including phenoxy) is 2. The fraction of sp³-hybridized carbons (Fsp3) is 0.222. The molecule has 0 atom stereocenters. The van der Waals surface area contributed by atoms with E-state index in [0.29, 0.717) is 0 Å². The summed E-state index contributed by atoms with van der Waals surface area (Å²) < 4.78 is 9.51. The Morgan fingerprint density at radius 2 is 2.14 bits per heavy atom. The highest BCUT2D eigenvalue weighted by Crippen LogP contribution is 2.02. The van der Waals surface area contributed by atoms with E-state index in [1.54, 1.807) is 6.07 Å². The van der Waals surface area contributed by atoms with Crippen LogP contribution in [0.5, 0.6) is 6.01 Å². The minimum absolute atomic E-state index is 0.00903. The molecule has 0 aromatic carbocycles. The average Bonchev–Trinajstić information content (AvgIpc) is 2.19. The number of rotatable bonds is 4. The zero-order valence-corrected chi connectivity index (χ0v) is 7.77. The van der Waals surface area contributed by atoms with E-state index in [9.17, 15) is 4.79 Å². The van der Waals surface area contributed by atoms with Gasteiger partial charge in [0.25, 0.3) is 0 Å². The molecule has 0 aliphatic heterocycles. The second-order valence-corrected chi connectivity index (χ2v) is 2.46. The van der Waals surface area contributed by atoms with Gasteiger partial charge < -0.3 is 9.47 Å². The second-order valence-electron chi connectivity index (χ2n) is 2.46. The van der Waals surface area contributed by atoms with Crippen LogP contribution in [0.1, 0.15) is 0 Å². The zero-order valence-electron chi connectivity index (χ0n) is 7.77. The summed E-state index contributed by atoms with van der Waals surface area (Å²) in [7, 11) is 1.47. The maximum Gasteiger partial charge on any atom is 0.343 e. The molecule has 0 amide bonds. The Hall–Kier alpha value is -1.75. The van der Waals surface area contributed by atoms with Crippen LogP contribution in [-0.4, -0.2) is 29.7 Å². The van der Waals surface area contributed by atoms with Crippen LogP contribution in [0.25, 0.3) is 0 Å². The molecule has 1 aromatic heterocycles. The Morgan fingerprint density at radius 1 is 1.50 bits per heavy atom. The Morgan fingerprint density at radius 3 is 2.71 bits per heavy atom. The van der Waals surface area contributed by atoms with Crippen molar-refractivity contribution in [2.45, 2.75) is 0 Å². The molecule has 0 N–H and O–H groups in total. The van der Waals surface area contributed by atoms with Crippen molar-refractivity contribution in [3.8, 4) is 6.01 Å². The lowest BCUT2D eigenvalue weighted by Crippen LogP contribution is -2.15. The van der Waals surface area contributed by atoms with Crippen LogP contribution in [0.15, 0.2) is 30.6 Å². The molecule has 5 nitrogen and oxygen atoms in total. The Kier molecular flexibility index (Phi) is 3.75. The summed E-state index contributed by atoms with van der Waals surface area (Å²) in [6, 6.07) is 1.64. The highest BCUT2D eigenvalue weighted by Gasteiger charge is 2.10. The van der Waals surface area contributed by atoms with Gasteiger partial charge in [0.15, 0.2) is 0 Å². The first-order valence-corrected chi connectivity index (χ1v) is 3.90. The van der Waals surface area contributed by atoms with Gasteiger partial charge in [-0.3, -0.25) is 0 Å². The van der Waals surface area contributed by atoms with Crippen LogP contribution in [0, 0.1) is 0 Å². The third-order valence-corrected chi connectivity index (χ3v) is 1.33. The van der Waals surface area contributed by atoms with Gasteiger partial charge >= 0.3 is 12.0 Å². The fourth-order valence-electron chi connectivity index (χ4n) is 0.726. The molecular weight excluding hydrogens is 184 g/mol. The Labute approximate surface area is 81.4 Å². The normalized spacial score (nSPS) is 9.50. The quantitative estimate of drug-likeness (QED) is 0.518. The van der Waals surface area contributed by atoms with Gasteiger partial charge in [-0.25, -0.2) is 14.8 Å². The van der Waals surface area contributed by atoms with E-state index >= 15 is 0 Å². The fourth-order valence-corrected chi connectivity index (χ4v) is 0.726. The molecule has 0 bridgehead atoms. The molecule has 0 saturated carbocycles. The van der Waals surface area contributed by atoms with Crippen LogP contribution >= 0.6 is 0 Å². The maximum absolute atomic E-state index is 11.2. The van der Waals surface area contributed by atoms with E-state index < -0.39 is 5.97 Å². The monoisotopic (exact) mass is 194 g/mol. The molecule has 1 aromatic rings. The summed E-state index contributed by atoms with van der Waals surface area (Å²) >= 11 is 0. The Bertz CT molecular complexity index is 324. The van der Waals surface area contributed by atoms with Crippen molar-refractivity contribution in [1.82, 2.24) is 9.97 Å². The number of hydrogen-bond acceptors (Lipinski definition) is 5. The average molecular weight is 194 g/mol. The number of carbonyl (C=O) groups excluding carboxylic acids is 1. The molecule has 0 aliphatic rings. The number of hydrogen-bond donors (Lipinski definition) is 0. The molecule has 0 saturated heterocycles. The number of carbonyl (C=O) groups is 1. The molecule has 0 radical (unpaired) electrons. The van der Waals surface area contributed by atoms with Crippen LogP contribution in [-0.2, 0) is 9.53 Å². The first kappa shape index (κ1) is 10.3. The first-order valence-electron chi connectivity index (χ1n) is 3.90. The van der Waals surface area contributed by atoms with Crippen molar-refractivity contribution in [3.05, 3.63) is 30.6 Å². The lowest BCUT2D eigenvalue weighted by molar-refractivity contribution is -0.131. The van der Waals surface area contributed by atoms with Gasteiger partial charge in [0.1, 0.15) is 0 Å². The van der Waals surface area contributed by atoms with Crippen LogP contribution < -0.4 is 4.74 Å². The first-order chi connectivity index (χ1) is 6.74. The molecule has 1 rings (SSSR count). The summed E-state index contributed by atoms with van der Waals surface area (Å²) in [5, 5.41) is 0. The van der Waals surface area contributed by atoms with E-state index in [1.807, 2.05) is 0 Å². The van der Waals surface area contributed by atoms with Gasteiger partial charge in [-0.2, -0.15) is 0 Å². The molecule has 0 unspecified atom stereocenters. The SMILES string of the molecule is C=C(COC)C(=O)Oc1ncccn1. The molecule has 0 fully saturated rings. The summed E-state index contributed by atoms with van der Waals surface area (Å²) in [5.41, 5.74) is 0.222. The van der Waals surface area contributed by atoms with Crippen molar-refractivity contribution in [3.63, 3.8) is 0 Å². The summed E-state index contributed by atoms with van der Waals surface area (Å²) in [6.45, 7) is 3.62. The van der Waals surface area contributed by atoms with E-state index in [-0.39, 0.29) is 18.2 Å². The topological polar surface area (TPSA) is 61.3 Å². The van der Waals surface area contributed by atoms with Crippen LogP contribution in [0.2, 0.25) is 0 Å². The lowest BCUT2D eigenvalue weighted by atomic mass is 10.3. The van der Waals surface area contributed by atoms with Gasteiger partial charge in [-0.1, -0.05) is 6.58 Å². The number of esters is 1. The molecule has 0 spiro atoms. The zero-order chi connectivity index (χ0) is 10.4. The summed E-state index contributed by atoms with van der Waals surface area (Å²) in [6.07, 6.45) is 2.96. The third kappa shape index (κ3) is 2.95. The van der Waals surface area contributed by atoms with E-state index in [0.717, 1.165) is 0 Å². The van der Waals surface area contributed by atoms with Crippen LogP contribution in [0.4, 0.5) is 0 Å². The molecule has 74 valence electrons. The van der Waals surface area contributed by atoms with Crippen molar-refractivity contribution < 1.29 is 14.3 Å². The molecule has 14 heavy (non-hydrogen) atoms. The smallest absolute Gasteiger partial charge is 0.343 e. The summed E-state index contributed by atoms with van der Waals surface area (Å²) in [5.74, 6) is -0.585.